The van der Waals surface area contributed by atoms with Gasteiger partial charge < -0.3 is 14.7 Å². The SMILES string of the molecule is CN(C)C(=O)N1CCC2(CC1)SCCN2C(=O)/C=C/c1ccccc1. The van der Waals surface area contributed by atoms with Gasteiger partial charge in [0.1, 0.15) is 0 Å². The molecule has 5 nitrogen and oxygen atoms in total. The molecule has 3 amide bonds. The molecule has 2 fully saturated rings. The van der Waals surface area contributed by atoms with Crippen LogP contribution in [0.1, 0.15) is 18.4 Å². The van der Waals surface area contributed by atoms with Crippen molar-refractivity contribution in [2.45, 2.75) is 17.7 Å². The third-order valence-corrected chi connectivity index (χ3v) is 6.41. The van der Waals surface area contributed by atoms with Crippen molar-refractivity contribution in [1.82, 2.24) is 14.7 Å². The van der Waals surface area contributed by atoms with Gasteiger partial charge in [0, 0.05) is 45.6 Å². The number of urea groups is 1. The molecule has 2 aliphatic heterocycles. The summed E-state index contributed by atoms with van der Waals surface area (Å²) in [6.07, 6.45) is 5.23. The highest BCUT2D eigenvalue weighted by molar-refractivity contribution is 8.00. The fourth-order valence-electron chi connectivity index (χ4n) is 3.49. The number of hydrogen-bond acceptors (Lipinski definition) is 3. The molecule has 0 aromatic heterocycles. The molecule has 0 N–H and O–H groups in total. The first-order valence-electron chi connectivity index (χ1n) is 8.67. The maximum absolute atomic E-state index is 12.8. The van der Waals surface area contributed by atoms with Crippen LogP contribution in [0.3, 0.4) is 0 Å². The zero-order valence-electron chi connectivity index (χ0n) is 14.9. The minimum Gasteiger partial charge on any atom is -0.331 e. The van der Waals surface area contributed by atoms with Crippen LogP contribution < -0.4 is 0 Å². The maximum Gasteiger partial charge on any atom is 0.319 e. The first kappa shape index (κ1) is 17.9. The predicted molar refractivity (Wildman–Crippen MR) is 102 cm³/mol. The van der Waals surface area contributed by atoms with Gasteiger partial charge in [0.25, 0.3) is 0 Å². The van der Waals surface area contributed by atoms with Crippen LogP contribution in [-0.4, -0.2) is 71.0 Å². The Morgan fingerprint density at radius 2 is 1.80 bits per heavy atom. The van der Waals surface area contributed by atoms with Crippen molar-refractivity contribution in [3.05, 3.63) is 42.0 Å². The third-order valence-electron chi connectivity index (χ3n) is 4.86. The summed E-state index contributed by atoms with van der Waals surface area (Å²) in [6, 6.07) is 9.94. The standard InChI is InChI=1S/C19H25N3O2S/c1-20(2)18(24)21-12-10-19(11-13-21)22(14-15-25-19)17(23)9-8-16-6-4-3-5-7-16/h3-9H,10-15H2,1-2H3/b9-8+. The van der Waals surface area contributed by atoms with Gasteiger partial charge in [0.05, 0.1) is 4.87 Å². The topological polar surface area (TPSA) is 43.9 Å². The highest BCUT2D eigenvalue weighted by Crippen LogP contribution is 2.44. The number of hydrogen-bond donors (Lipinski definition) is 0. The molecule has 2 heterocycles. The highest BCUT2D eigenvalue weighted by Gasteiger charge is 2.46. The molecule has 25 heavy (non-hydrogen) atoms. The molecule has 0 bridgehead atoms. The number of carbonyl (C=O) groups is 2. The molecule has 0 saturated carbocycles. The Labute approximate surface area is 153 Å². The van der Waals surface area contributed by atoms with Crippen molar-refractivity contribution in [2.75, 3.05) is 39.5 Å². The Bertz CT molecular complexity index is 652. The van der Waals surface area contributed by atoms with Crippen LogP contribution in [0.15, 0.2) is 36.4 Å². The zero-order chi connectivity index (χ0) is 17.9. The monoisotopic (exact) mass is 359 g/mol. The Morgan fingerprint density at radius 3 is 2.44 bits per heavy atom. The van der Waals surface area contributed by atoms with E-state index in [-0.39, 0.29) is 16.8 Å². The average molecular weight is 359 g/mol. The van der Waals surface area contributed by atoms with Crippen molar-refractivity contribution >= 4 is 29.8 Å². The van der Waals surface area contributed by atoms with Gasteiger partial charge in [-0.05, 0) is 24.5 Å². The number of likely N-dealkylation sites (tertiary alicyclic amines) is 1. The summed E-state index contributed by atoms with van der Waals surface area (Å²) >= 11 is 1.87. The minimum atomic E-state index is -0.152. The van der Waals surface area contributed by atoms with Crippen LogP contribution in [0.4, 0.5) is 4.79 Å². The summed E-state index contributed by atoms with van der Waals surface area (Å²) in [4.78, 5) is 30.2. The van der Waals surface area contributed by atoms with Crippen LogP contribution in [0.2, 0.25) is 0 Å². The average Bonchev–Trinajstić information content (AvgIpc) is 3.03. The Balaban J connectivity index is 1.66. The molecule has 0 unspecified atom stereocenters. The van der Waals surface area contributed by atoms with E-state index in [1.165, 1.54) is 0 Å². The molecule has 6 heteroatoms. The van der Waals surface area contributed by atoms with Crippen LogP contribution in [0.5, 0.6) is 0 Å². The molecule has 0 aliphatic carbocycles. The van der Waals surface area contributed by atoms with Gasteiger partial charge in [-0.25, -0.2) is 4.79 Å². The van der Waals surface area contributed by atoms with Crippen molar-refractivity contribution in [3.63, 3.8) is 0 Å². The summed E-state index contributed by atoms with van der Waals surface area (Å²) in [5.41, 5.74) is 1.03. The second-order valence-corrected chi connectivity index (χ2v) is 8.15. The Hall–Kier alpha value is -1.95. The van der Waals surface area contributed by atoms with E-state index in [2.05, 4.69) is 0 Å². The lowest BCUT2D eigenvalue weighted by Gasteiger charge is -2.44. The van der Waals surface area contributed by atoms with Gasteiger partial charge in [-0.2, -0.15) is 0 Å². The smallest absolute Gasteiger partial charge is 0.319 e. The van der Waals surface area contributed by atoms with Gasteiger partial charge in [-0.3, -0.25) is 4.79 Å². The summed E-state index contributed by atoms with van der Waals surface area (Å²) < 4.78 is 0. The van der Waals surface area contributed by atoms with Crippen LogP contribution in [0, 0.1) is 0 Å². The largest absolute Gasteiger partial charge is 0.331 e. The van der Waals surface area contributed by atoms with E-state index in [0.29, 0.717) is 13.1 Å². The Kier molecular flexibility index (Phi) is 5.37. The lowest BCUT2D eigenvalue weighted by atomic mass is 10.0. The normalized spacial score (nSPS) is 19.6. The molecule has 3 rings (SSSR count). The summed E-state index contributed by atoms with van der Waals surface area (Å²) in [6.45, 7) is 2.19. The molecule has 0 atom stereocenters. The number of benzene rings is 1. The van der Waals surface area contributed by atoms with Gasteiger partial charge in [-0.1, -0.05) is 30.3 Å². The number of thioether (sulfide) groups is 1. The summed E-state index contributed by atoms with van der Waals surface area (Å²) in [5.74, 6) is 1.04. The van der Waals surface area contributed by atoms with E-state index in [4.69, 9.17) is 0 Å². The van der Waals surface area contributed by atoms with E-state index >= 15 is 0 Å². The van der Waals surface area contributed by atoms with E-state index in [0.717, 1.165) is 30.7 Å². The molecule has 1 spiro atoms. The first-order valence-corrected chi connectivity index (χ1v) is 9.65. The molecular weight excluding hydrogens is 334 g/mol. The zero-order valence-corrected chi connectivity index (χ0v) is 15.7. The van der Waals surface area contributed by atoms with Crippen molar-refractivity contribution in [1.29, 1.82) is 0 Å². The molecule has 1 aromatic rings. The van der Waals surface area contributed by atoms with E-state index in [9.17, 15) is 9.59 Å². The number of piperidine rings is 1. The second kappa shape index (κ2) is 7.52. The van der Waals surface area contributed by atoms with Gasteiger partial charge >= 0.3 is 6.03 Å². The summed E-state index contributed by atoms with van der Waals surface area (Å²) in [7, 11) is 3.56. The lowest BCUT2D eigenvalue weighted by Crippen LogP contribution is -2.54. The number of rotatable bonds is 2. The lowest BCUT2D eigenvalue weighted by molar-refractivity contribution is -0.129. The van der Waals surface area contributed by atoms with E-state index < -0.39 is 0 Å². The Morgan fingerprint density at radius 1 is 1.12 bits per heavy atom. The number of nitrogens with zero attached hydrogens (tertiary/aromatic N) is 3. The fourth-order valence-corrected chi connectivity index (χ4v) is 4.95. The van der Waals surface area contributed by atoms with Crippen LogP contribution in [-0.2, 0) is 4.79 Å². The minimum absolute atomic E-state index is 0.0553. The molecule has 2 saturated heterocycles. The van der Waals surface area contributed by atoms with Crippen LogP contribution in [0.25, 0.3) is 6.08 Å². The number of carbonyl (C=O) groups excluding carboxylic acids is 2. The van der Waals surface area contributed by atoms with Crippen molar-refractivity contribution in [2.24, 2.45) is 0 Å². The molecule has 134 valence electrons. The quantitative estimate of drug-likeness (QED) is 0.763. The van der Waals surface area contributed by atoms with Crippen molar-refractivity contribution < 1.29 is 9.59 Å². The highest BCUT2D eigenvalue weighted by atomic mass is 32.2. The molecular formula is C19H25N3O2S. The molecule has 2 aliphatic rings. The van der Waals surface area contributed by atoms with Gasteiger partial charge in [-0.15, -0.1) is 11.8 Å². The summed E-state index contributed by atoms with van der Waals surface area (Å²) in [5, 5.41) is 0. The maximum atomic E-state index is 12.8. The van der Waals surface area contributed by atoms with Gasteiger partial charge in [0.15, 0.2) is 0 Å². The van der Waals surface area contributed by atoms with E-state index in [1.54, 1.807) is 25.1 Å². The fraction of sp³-hybridized carbons (Fsp3) is 0.474. The van der Waals surface area contributed by atoms with E-state index in [1.807, 2.05) is 58.0 Å². The third kappa shape index (κ3) is 3.84. The van der Waals surface area contributed by atoms with Crippen molar-refractivity contribution in [3.8, 4) is 0 Å². The second-order valence-electron chi connectivity index (χ2n) is 6.69. The van der Waals surface area contributed by atoms with Gasteiger partial charge in [0.2, 0.25) is 5.91 Å². The van der Waals surface area contributed by atoms with Crippen LogP contribution >= 0.6 is 11.8 Å². The molecule has 0 radical (unpaired) electrons. The first-order chi connectivity index (χ1) is 12.0. The number of amides is 3. The molecule has 1 aromatic carbocycles. The predicted octanol–water partition coefficient (Wildman–Crippen LogP) is 2.75.